The molecule has 2 saturated heterocycles. The van der Waals surface area contributed by atoms with E-state index < -0.39 is 12.1 Å². The fraction of sp³-hybridized carbons (Fsp3) is 0.933. The Bertz CT molecular complexity index is 423. The van der Waals surface area contributed by atoms with E-state index in [9.17, 15) is 13.2 Å². The van der Waals surface area contributed by atoms with Gasteiger partial charge in [0, 0.05) is 30.6 Å². The molecule has 8 heteroatoms. The molecule has 2 aliphatic heterocycles. The lowest BCUT2D eigenvalue weighted by Gasteiger charge is -2.45. The van der Waals surface area contributed by atoms with Crippen molar-refractivity contribution in [2.75, 3.05) is 37.7 Å². The largest absolute Gasteiger partial charge is 0.391 e. The van der Waals surface area contributed by atoms with E-state index in [4.69, 9.17) is 5.73 Å². The third-order valence-electron chi connectivity index (χ3n) is 5.25. The zero-order chi connectivity index (χ0) is 16.4. The molecule has 3 aliphatic rings. The molecular formula is C15H25F3N4S. The molecule has 0 aromatic carbocycles. The fourth-order valence-corrected chi connectivity index (χ4v) is 4.52. The van der Waals surface area contributed by atoms with E-state index in [1.54, 1.807) is 0 Å². The van der Waals surface area contributed by atoms with Crippen LogP contribution >= 0.6 is 11.8 Å². The third-order valence-corrected chi connectivity index (χ3v) is 6.19. The summed E-state index contributed by atoms with van der Waals surface area (Å²) in [7, 11) is 0. The van der Waals surface area contributed by atoms with E-state index >= 15 is 0 Å². The van der Waals surface area contributed by atoms with E-state index in [1.165, 1.54) is 0 Å². The molecule has 0 amide bonds. The molecule has 0 radical (unpaired) electrons. The lowest BCUT2D eigenvalue weighted by atomic mass is 9.83. The molecule has 4 nitrogen and oxygen atoms in total. The molecule has 2 N–H and O–H groups in total. The first-order valence-corrected chi connectivity index (χ1v) is 9.55. The Morgan fingerprint density at radius 2 is 1.65 bits per heavy atom. The second-order valence-corrected chi connectivity index (χ2v) is 7.94. The predicted octanol–water partition coefficient (Wildman–Crippen LogP) is 2.16. The summed E-state index contributed by atoms with van der Waals surface area (Å²) in [5.74, 6) is 1.72. The van der Waals surface area contributed by atoms with Crippen LogP contribution in [0.25, 0.3) is 0 Å². The number of hydrogen-bond donors (Lipinski definition) is 1. The Morgan fingerprint density at radius 3 is 2.22 bits per heavy atom. The number of nitrogens with two attached hydrogens (primary N) is 1. The standard InChI is InChI=1S/C15H25F3N4S/c16-15(17,18)11-1-3-21(4-2-11)13-9-12(10-13)20-14(19)22-5-7-23-8-6-22/h11-13H,1-10H2,(H2,19,20). The zero-order valence-electron chi connectivity index (χ0n) is 13.3. The Kier molecular flexibility index (Phi) is 5.30. The summed E-state index contributed by atoms with van der Waals surface area (Å²) >= 11 is 1.94. The van der Waals surface area contributed by atoms with Crippen LogP contribution in [0.3, 0.4) is 0 Å². The first-order valence-electron chi connectivity index (χ1n) is 8.40. The number of alkyl halides is 3. The molecule has 3 fully saturated rings. The monoisotopic (exact) mass is 350 g/mol. The number of halogens is 3. The van der Waals surface area contributed by atoms with Gasteiger partial charge >= 0.3 is 6.18 Å². The molecule has 132 valence electrons. The molecule has 0 aromatic heterocycles. The topological polar surface area (TPSA) is 44.9 Å². The SMILES string of the molecule is NC(=NC1CC(N2CCC(C(F)(F)F)CC2)C1)N1CCSCC1. The molecule has 23 heavy (non-hydrogen) atoms. The summed E-state index contributed by atoms with van der Waals surface area (Å²) in [4.78, 5) is 8.96. The van der Waals surface area contributed by atoms with Gasteiger partial charge in [0.1, 0.15) is 0 Å². The predicted molar refractivity (Wildman–Crippen MR) is 87.7 cm³/mol. The number of piperidine rings is 1. The first-order chi connectivity index (χ1) is 10.9. The molecule has 0 unspecified atom stereocenters. The Balaban J connectivity index is 1.41. The summed E-state index contributed by atoms with van der Waals surface area (Å²) in [6, 6.07) is 0.637. The number of likely N-dealkylation sites (tertiary alicyclic amines) is 1. The van der Waals surface area contributed by atoms with Gasteiger partial charge in [-0.1, -0.05) is 0 Å². The van der Waals surface area contributed by atoms with Crippen molar-refractivity contribution in [3.05, 3.63) is 0 Å². The number of nitrogens with zero attached hydrogens (tertiary/aromatic N) is 3. The average Bonchev–Trinajstić information content (AvgIpc) is 2.50. The highest BCUT2D eigenvalue weighted by Crippen LogP contribution is 2.37. The van der Waals surface area contributed by atoms with Gasteiger partial charge in [0.2, 0.25) is 0 Å². The van der Waals surface area contributed by atoms with E-state index in [2.05, 4.69) is 14.8 Å². The highest BCUT2D eigenvalue weighted by atomic mass is 32.2. The van der Waals surface area contributed by atoms with Crippen LogP contribution in [0.5, 0.6) is 0 Å². The second-order valence-electron chi connectivity index (χ2n) is 6.72. The Morgan fingerprint density at radius 1 is 1.04 bits per heavy atom. The van der Waals surface area contributed by atoms with Crippen molar-refractivity contribution in [3.8, 4) is 0 Å². The van der Waals surface area contributed by atoms with Crippen LogP contribution in [0, 0.1) is 5.92 Å². The number of guanidine groups is 1. The van der Waals surface area contributed by atoms with Crippen LogP contribution in [-0.2, 0) is 0 Å². The number of hydrogen-bond acceptors (Lipinski definition) is 3. The van der Waals surface area contributed by atoms with Gasteiger partial charge in [-0.15, -0.1) is 0 Å². The number of thioether (sulfide) groups is 1. The highest BCUT2D eigenvalue weighted by Gasteiger charge is 2.43. The minimum Gasteiger partial charge on any atom is -0.370 e. The fourth-order valence-electron chi connectivity index (χ4n) is 3.62. The summed E-state index contributed by atoms with van der Waals surface area (Å²) in [5, 5.41) is 0. The van der Waals surface area contributed by atoms with Crippen molar-refractivity contribution in [1.29, 1.82) is 0 Å². The maximum absolute atomic E-state index is 12.7. The Labute approximate surface area is 139 Å². The van der Waals surface area contributed by atoms with Crippen molar-refractivity contribution < 1.29 is 13.2 Å². The number of rotatable bonds is 2. The first kappa shape index (κ1) is 17.2. The van der Waals surface area contributed by atoms with Crippen molar-refractivity contribution in [1.82, 2.24) is 9.80 Å². The summed E-state index contributed by atoms with van der Waals surface area (Å²) in [6.45, 7) is 3.04. The molecule has 0 spiro atoms. The molecule has 1 aliphatic carbocycles. The van der Waals surface area contributed by atoms with Gasteiger partial charge in [-0.2, -0.15) is 24.9 Å². The van der Waals surface area contributed by atoms with Crippen LogP contribution in [-0.4, -0.2) is 71.7 Å². The summed E-state index contributed by atoms with van der Waals surface area (Å²) in [5.41, 5.74) is 6.08. The normalized spacial score (nSPS) is 32.0. The summed E-state index contributed by atoms with van der Waals surface area (Å²) < 4.78 is 38.1. The van der Waals surface area contributed by atoms with Crippen LogP contribution in [0.4, 0.5) is 13.2 Å². The van der Waals surface area contributed by atoms with Gasteiger partial charge in [-0.3, -0.25) is 0 Å². The highest BCUT2D eigenvalue weighted by molar-refractivity contribution is 7.99. The molecule has 2 heterocycles. The lowest BCUT2D eigenvalue weighted by molar-refractivity contribution is -0.187. The minimum atomic E-state index is -4.03. The third kappa shape index (κ3) is 4.26. The number of aliphatic imine (C=N–C) groups is 1. The van der Waals surface area contributed by atoms with E-state index in [1.807, 2.05) is 11.8 Å². The van der Waals surface area contributed by atoms with Crippen molar-refractivity contribution >= 4 is 17.7 Å². The molecular weight excluding hydrogens is 325 g/mol. The maximum atomic E-state index is 12.7. The van der Waals surface area contributed by atoms with Crippen molar-refractivity contribution in [3.63, 3.8) is 0 Å². The van der Waals surface area contributed by atoms with E-state index in [0.717, 1.165) is 37.4 Å². The maximum Gasteiger partial charge on any atom is 0.391 e. The van der Waals surface area contributed by atoms with Crippen LogP contribution < -0.4 is 5.73 Å². The van der Waals surface area contributed by atoms with Gasteiger partial charge in [-0.05, 0) is 38.8 Å². The average molecular weight is 350 g/mol. The molecule has 0 atom stereocenters. The van der Waals surface area contributed by atoms with Crippen molar-refractivity contribution in [2.24, 2.45) is 16.6 Å². The van der Waals surface area contributed by atoms with Crippen LogP contribution in [0.2, 0.25) is 0 Å². The lowest BCUT2D eigenvalue weighted by Crippen LogP contribution is -2.52. The minimum absolute atomic E-state index is 0.238. The van der Waals surface area contributed by atoms with E-state index in [-0.39, 0.29) is 18.9 Å². The van der Waals surface area contributed by atoms with E-state index in [0.29, 0.717) is 25.1 Å². The zero-order valence-corrected chi connectivity index (χ0v) is 14.1. The van der Waals surface area contributed by atoms with Gasteiger partial charge < -0.3 is 15.5 Å². The van der Waals surface area contributed by atoms with Gasteiger partial charge in [0.15, 0.2) is 5.96 Å². The summed E-state index contributed by atoms with van der Waals surface area (Å²) in [6.07, 6.45) is -1.69. The van der Waals surface area contributed by atoms with Gasteiger partial charge in [-0.25, -0.2) is 4.99 Å². The van der Waals surface area contributed by atoms with Crippen LogP contribution in [0.15, 0.2) is 4.99 Å². The smallest absolute Gasteiger partial charge is 0.370 e. The molecule has 1 saturated carbocycles. The molecule has 0 bridgehead atoms. The van der Waals surface area contributed by atoms with Crippen LogP contribution in [0.1, 0.15) is 25.7 Å². The molecule has 3 rings (SSSR count). The van der Waals surface area contributed by atoms with Crippen molar-refractivity contribution in [2.45, 2.75) is 43.9 Å². The second kappa shape index (κ2) is 7.09. The van der Waals surface area contributed by atoms with Gasteiger partial charge in [0.25, 0.3) is 0 Å². The quantitative estimate of drug-likeness (QED) is 0.612. The van der Waals surface area contributed by atoms with Gasteiger partial charge in [0.05, 0.1) is 12.0 Å². The Hall–Kier alpha value is -0.630. The molecule has 0 aromatic rings.